The van der Waals surface area contributed by atoms with Gasteiger partial charge in [0, 0.05) is 0 Å². The molecular formula is C19H20O4. The van der Waals surface area contributed by atoms with E-state index in [0.717, 1.165) is 24.0 Å². The number of rotatable bonds is 7. The SMILES string of the molecule is CCCCc1cccc(C(=O)O)c1C(=O)OCc1ccccc1. The third kappa shape index (κ3) is 4.42. The van der Waals surface area contributed by atoms with Gasteiger partial charge in [-0.3, -0.25) is 0 Å². The van der Waals surface area contributed by atoms with E-state index in [9.17, 15) is 14.7 Å². The Hall–Kier alpha value is -2.62. The van der Waals surface area contributed by atoms with Crippen LogP contribution in [0.25, 0.3) is 0 Å². The molecule has 2 rings (SSSR count). The van der Waals surface area contributed by atoms with E-state index in [1.54, 1.807) is 12.1 Å². The molecule has 0 bridgehead atoms. The van der Waals surface area contributed by atoms with Gasteiger partial charge in [0.1, 0.15) is 6.61 Å². The first-order valence-electron chi connectivity index (χ1n) is 7.69. The number of carboxylic acid groups (broad SMARTS) is 1. The Balaban J connectivity index is 2.24. The van der Waals surface area contributed by atoms with Crippen molar-refractivity contribution in [1.82, 2.24) is 0 Å². The summed E-state index contributed by atoms with van der Waals surface area (Å²) in [5, 5.41) is 9.34. The van der Waals surface area contributed by atoms with Gasteiger partial charge in [-0.25, -0.2) is 9.59 Å². The van der Waals surface area contributed by atoms with Crippen LogP contribution in [0.2, 0.25) is 0 Å². The minimum absolute atomic E-state index is 0.00309. The maximum absolute atomic E-state index is 12.4. The van der Waals surface area contributed by atoms with Crippen LogP contribution in [-0.4, -0.2) is 17.0 Å². The van der Waals surface area contributed by atoms with Crippen molar-refractivity contribution in [3.8, 4) is 0 Å². The van der Waals surface area contributed by atoms with Crippen molar-refractivity contribution in [2.24, 2.45) is 0 Å². The van der Waals surface area contributed by atoms with Crippen LogP contribution in [0.15, 0.2) is 48.5 Å². The molecule has 0 atom stereocenters. The highest BCUT2D eigenvalue weighted by Crippen LogP contribution is 2.19. The Morgan fingerprint density at radius 2 is 1.78 bits per heavy atom. The maximum Gasteiger partial charge on any atom is 0.339 e. The van der Waals surface area contributed by atoms with Gasteiger partial charge in [-0.05, 0) is 30.0 Å². The number of carbonyl (C=O) groups excluding carboxylic acids is 1. The molecule has 0 heterocycles. The summed E-state index contributed by atoms with van der Waals surface area (Å²) in [5.41, 5.74) is 1.76. The molecule has 2 aromatic carbocycles. The molecule has 2 aromatic rings. The van der Waals surface area contributed by atoms with Crippen LogP contribution in [0.3, 0.4) is 0 Å². The quantitative estimate of drug-likeness (QED) is 0.782. The molecule has 0 amide bonds. The zero-order valence-corrected chi connectivity index (χ0v) is 13.1. The highest BCUT2D eigenvalue weighted by molar-refractivity contribution is 6.03. The number of esters is 1. The predicted molar refractivity (Wildman–Crippen MR) is 87.6 cm³/mol. The highest BCUT2D eigenvalue weighted by atomic mass is 16.5. The van der Waals surface area contributed by atoms with Gasteiger partial charge in [-0.1, -0.05) is 55.8 Å². The van der Waals surface area contributed by atoms with E-state index in [0.29, 0.717) is 6.42 Å². The van der Waals surface area contributed by atoms with Gasteiger partial charge >= 0.3 is 11.9 Å². The van der Waals surface area contributed by atoms with Gasteiger partial charge in [0.2, 0.25) is 0 Å². The van der Waals surface area contributed by atoms with E-state index >= 15 is 0 Å². The molecule has 0 aliphatic heterocycles. The Morgan fingerprint density at radius 1 is 1.04 bits per heavy atom. The second-order valence-corrected chi connectivity index (χ2v) is 5.31. The fourth-order valence-electron chi connectivity index (χ4n) is 2.39. The van der Waals surface area contributed by atoms with Crippen molar-refractivity contribution < 1.29 is 19.4 Å². The van der Waals surface area contributed by atoms with Crippen LogP contribution >= 0.6 is 0 Å². The number of carbonyl (C=O) groups is 2. The lowest BCUT2D eigenvalue weighted by molar-refractivity contribution is 0.0462. The van der Waals surface area contributed by atoms with E-state index < -0.39 is 11.9 Å². The van der Waals surface area contributed by atoms with E-state index in [4.69, 9.17) is 4.74 Å². The number of carboxylic acids is 1. The molecule has 120 valence electrons. The number of aryl methyl sites for hydroxylation is 1. The van der Waals surface area contributed by atoms with Crippen LogP contribution in [0.5, 0.6) is 0 Å². The smallest absolute Gasteiger partial charge is 0.339 e. The Bertz CT molecular complexity index is 677. The molecule has 0 fully saturated rings. The van der Waals surface area contributed by atoms with E-state index in [-0.39, 0.29) is 17.7 Å². The summed E-state index contributed by atoms with van der Waals surface area (Å²) in [4.78, 5) is 23.9. The molecule has 0 saturated heterocycles. The molecule has 0 spiro atoms. The minimum Gasteiger partial charge on any atom is -0.478 e. The average Bonchev–Trinajstić information content (AvgIpc) is 2.58. The molecule has 0 radical (unpaired) electrons. The van der Waals surface area contributed by atoms with Gasteiger partial charge in [0.05, 0.1) is 11.1 Å². The summed E-state index contributed by atoms with van der Waals surface area (Å²) in [6.45, 7) is 2.18. The lowest BCUT2D eigenvalue weighted by Crippen LogP contribution is -2.15. The van der Waals surface area contributed by atoms with Gasteiger partial charge in [0.25, 0.3) is 0 Å². The van der Waals surface area contributed by atoms with Gasteiger partial charge in [0.15, 0.2) is 0 Å². The van der Waals surface area contributed by atoms with E-state index in [2.05, 4.69) is 6.92 Å². The Kier molecular flexibility index (Phi) is 5.92. The van der Waals surface area contributed by atoms with Crippen molar-refractivity contribution >= 4 is 11.9 Å². The van der Waals surface area contributed by atoms with Crippen LogP contribution in [0.1, 0.15) is 51.6 Å². The normalized spacial score (nSPS) is 10.3. The van der Waals surface area contributed by atoms with Gasteiger partial charge in [-0.2, -0.15) is 0 Å². The lowest BCUT2D eigenvalue weighted by Gasteiger charge is -2.12. The molecule has 0 saturated carbocycles. The summed E-state index contributed by atoms with van der Waals surface area (Å²) in [7, 11) is 0. The summed E-state index contributed by atoms with van der Waals surface area (Å²) < 4.78 is 5.32. The highest BCUT2D eigenvalue weighted by Gasteiger charge is 2.21. The second kappa shape index (κ2) is 8.13. The van der Waals surface area contributed by atoms with Crippen LogP contribution in [-0.2, 0) is 17.8 Å². The molecule has 4 nitrogen and oxygen atoms in total. The van der Waals surface area contributed by atoms with Gasteiger partial charge < -0.3 is 9.84 Å². The first-order valence-corrected chi connectivity index (χ1v) is 7.69. The fourth-order valence-corrected chi connectivity index (χ4v) is 2.39. The van der Waals surface area contributed by atoms with E-state index in [1.807, 2.05) is 30.3 Å². The number of benzene rings is 2. The molecule has 0 aliphatic carbocycles. The number of unbranched alkanes of at least 4 members (excludes halogenated alkanes) is 1. The van der Waals surface area contributed by atoms with Crippen molar-refractivity contribution in [3.05, 3.63) is 70.8 Å². The van der Waals surface area contributed by atoms with Crippen LogP contribution < -0.4 is 0 Å². The third-order valence-corrected chi connectivity index (χ3v) is 3.60. The molecule has 0 aliphatic rings. The second-order valence-electron chi connectivity index (χ2n) is 5.31. The minimum atomic E-state index is -1.12. The number of ether oxygens (including phenoxy) is 1. The number of hydrogen-bond donors (Lipinski definition) is 1. The van der Waals surface area contributed by atoms with Crippen molar-refractivity contribution in [1.29, 1.82) is 0 Å². The predicted octanol–water partition coefficient (Wildman–Crippen LogP) is 4.08. The topological polar surface area (TPSA) is 63.6 Å². The number of hydrogen-bond acceptors (Lipinski definition) is 3. The monoisotopic (exact) mass is 312 g/mol. The zero-order chi connectivity index (χ0) is 16.7. The van der Waals surface area contributed by atoms with E-state index in [1.165, 1.54) is 6.07 Å². The fraction of sp³-hybridized carbons (Fsp3) is 0.263. The zero-order valence-electron chi connectivity index (χ0n) is 13.1. The molecule has 4 heteroatoms. The first kappa shape index (κ1) is 16.7. The molecular weight excluding hydrogens is 292 g/mol. The van der Waals surface area contributed by atoms with Crippen molar-refractivity contribution in [2.75, 3.05) is 0 Å². The average molecular weight is 312 g/mol. The van der Waals surface area contributed by atoms with Crippen molar-refractivity contribution in [3.63, 3.8) is 0 Å². The largest absolute Gasteiger partial charge is 0.478 e. The number of aromatic carboxylic acids is 1. The summed E-state index contributed by atoms with van der Waals surface area (Å²) in [6.07, 6.45) is 2.52. The maximum atomic E-state index is 12.4. The van der Waals surface area contributed by atoms with Crippen molar-refractivity contribution in [2.45, 2.75) is 32.8 Å². The van der Waals surface area contributed by atoms with Gasteiger partial charge in [-0.15, -0.1) is 0 Å². The summed E-state index contributed by atoms with van der Waals surface area (Å²) >= 11 is 0. The Morgan fingerprint density at radius 3 is 2.43 bits per heavy atom. The standard InChI is InChI=1S/C19H20O4/c1-2-3-10-15-11-7-12-16(18(20)21)17(15)19(22)23-13-14-8-5-4-6-9-14/h4-9,11-12H,2-3,10,13H2,1H3,(H,20,21). The van der Waals surface area contributed by atoms with Crippen LogP contribution in [0, 0.1) is 0 Å². The summed E-state index contributed by atoms with van der Waals surface area (Å²) in [6, 6.07) is 14.2. The lowest BCUT2D eigenvalue weighted by atomic mass is 9.97. The first-order chi connectivity index (χ1) is 11.1. The molecule has 1 N–H and O–H groups in total. The molecule has 0 unspecified atom stereocenters. The molecule has 0 aromatic heterocycles. The third-order valence-electron chi connectivity index (χ3n) is 3.60. The Labute approximate surface area is 135 Å². The summed E-state index contributed by atoms with van der Waals surface area (Å²) in [5.74, 6) is -1.70. The molecule has 23 heavy (non-hydrogen) atoms. The van der Waals surface area contributed by atoms with Crippen LogP contribution in [0.4, 0.5) is 0 Å².